The van der Waals surface area contributed by atoms with Crippen molar-refractivity contribution in [3.63, 3.8) is 0 Å². The summed E-state index contributed by atoms with van der Waals surface area (Å²) >= 11 is 0. The molecule has 0 N–H and O–H groups in total. The predicted octanol–water partition coefficient (Wildman–Crippen LogP) is 19.7. The molecule has 0 radical (unpaired) electrons. The van der Waals surface area contributed by atoms with Crippen LogP contribution in [0.25, 0.3) is 65.3 Å². The van der Waals surface area contributed by atoms with Gasteiger partial charge in [-0.1, -0.05) is 154 Å². The largest absolute Gasteiger partial charge is 0.497 e. The van der Waals surface area contributed by atoms with Gasteiger partial charge in [-0.05, 0) is 214 Å². The zero-order chi connectivity index (χ0) is 63.5. The van der Waals surface area contributed by atoms with Crippen molar-refractivity contribution in [2.24, 2.45) is 0 Å². The van der Waals surface area contributed by atoms with Gasteiger partial charge in [0.05, 0.1) is 25.6 Å². The van der Waals surface area contributed by atoms with E-state index >= 15 is 0 Å². The van der Waals surface area contributed by atoms with Crippen LogP contribution in [0.2, 0.25) is 0 Å². The summed E-state index contributed by atoms with van der Waals surface area (Å²) in [6, 6.07) is 67.8. The first-order valence-electron chi connectivity index (χ1n) is 31.2. The van der Waals surface area contributed by atoms with Crippen LogP contribution in [0.3, 0.4) is 0 Å². The summed E-state index contributed by atoms with van der Waals surface area (Å²) in [6.45, 7) is 22.0. The number of methoxy groups -OCH3 is 2. The van der Waals surface area contributed by atoms with Crippen molar-refractivity contribution < 1.29 is 28.7 Å². The van der Waals surface area contributed by atoms with Gasteiger partial charge in [0.15, 0.2) is 0 Å². The second kappa shape index (κ2) is 20.1. The normalized spacial score (nSPS) is 15.0. The number of hydrogen-bond acceptors (Lipinski definition) is 7. The first-order chi connectivity index (χ1) is 43.5. The van der Waals surface area contributed by atoms with Crippen LogP contribution < -0.4 is 24.2 Å². The quantitative estimate of drug-likeness (QED) is 0.0807. The Labute approximate surface area is 530 Å². The van der Waals surface area contributed by atoms with Gasteiger partial charge < -0.3 is 14.4 Å². The lowest BCUT2D eigenvalue weighted by molar-refractivity contribution is 0.0877. The Hall–Kier alpha value is -10.4. The molecule has 0 aromatic heterocycles. The first-order valence-corrected chi connectivity index (χ1v) is 31.2. The molecule has 91 heavy (non-hydrogen) atoms. The van der Waals surface area contributed by atoms with E-state index in [1.54, 1.807) is 14.2 Å². The zero-order valence-electron chi connectivity index (χ0n) is 53.3. The highest BCUT2D eigenvalue weighted by molar-refractivity contribution is 6.45. The van der Waals surface area contributed by atoms with Gasteiger partial charge in [-0.25, -0.2) is 9.80 Å². The molecule has 0 bridgehead atoms. The van der Waals surface area contributed by atoms with Gasteiger partial charge in [-0.2, -0.15) is 0 Å². The lowest BCUT2D eigenvalue weighted by atomic mass is 9.59. The number of anilines is 5. The Kier molecular flexibility index (Phi) is 12.6. The fraction of sp³-hybridized carbons (Fsp3) is 0.195. The molecule has 9 heteroatoms. The van der Waals surface area contributed by atoms with Crippen molar-refractivity contribution in [3.8, 4) is 33.8 Å². The highest BCUT2D eigenvalue weighted by Gasteiger charge is 2.43. The highest BCUT2D eigenvalue weighted by atomic mass is 16.5. The average Bonchev–Trinajstić information content (AvgIpc) is 0.701. The van der Waals surface area contributed by atoms with Crippen molar-refractivity contribution in [1.82, 2.24) is 0 Å². The van der Waals surface area contributed by atoms with Crippen LogP contribution in [0, 0.1) is 0 Å². The summed E-state index contributed by atoms with van der Waals surface area (Å²) in [5, 5.41) is 6.20. The van der Waals surface area contributed by atoms with Gasteiger partial charge >= 0.3 is 0 Å². The maximum Gasteiger partial charge on any atom is 0.265 e. The van der Waals surface area contributed by atoms with E-state index in [9.17, 15) is 19.2 Å². The third kappa shape index (κ3) is 8.57. The molecule has 0 saturated carbocycles. The predicted molar refractivity (Wildman–Crippen MR) is 370 cm³/mol. The number of nitrogens with zero attached hydrogens (tertiary/aromatic N) is 3. The van der Waals surface area contributed by atoms with Crippen molar-refractivity contribution in [1.29, 1.82) is 0 Å². The first kappa shape index (κ1) is 57.1. The third-order valence-electron chi connectivity index (χ3n) is 19.9. The smallest absolute Gasteiger partial charge is 0.265 e. The molecule has 0 atom stereocenters. The Morgan fingerprint density at radius 3 is 1.09 bits per heavy atom. The number of ether oxygens (including phenoxy) is 2. The number of benzene rings is 12. The molecule has 2 aliphatic heterocycles. The fourth-order valence-electron chi connectivity index (χ4n) is 14.9. The van der Waals surface area contributed by atoms with Crippen molar-refractivity contribution in [2.45, 2.75) is 90.9 Å². The third-order valence-corrected chi connectivity index (χ3v) is 19.9. The van der Waals surface area contributed by atoms with E-state index in [0.29, 0.717) is 44.4 Å². The maximum atomic E-state index is 15.0. The van der Waals surface area contributed by atoms with Gasteiger partial charge in [0, 0.05) is 60.9 Å². The molecule has 0 unspecified atom stereocenters. The molecule has 2 heterocycles. The number of fused-ring (bicyclic) bond motifs is 4. The minimum absolute atomic E-state index is 0.216. The average molecular weight is 1190 g/mol. The number of carbonyl (C=O) groups is 4. The van der Waals surface area contributed by atoms with Crippen LogP contribution in [0.4, 0.5) is 28.4 Å². The van der Waals surface area contributed by atoms with Crippen molar-refractivity contribution in [3.05, 3.63) is 256 Å². The Bertz CT molecular complexity index is 4930. The van der Waals surface area contributed by atoms with Gasteiger partial charge in [-0.3, -0.25) is 19.2 Å². The number of hydrogen-bond donors (Lipinski definition) is 0. The maximum absolute atomic E-state index is 15.0. The topological polar surface area (TPSA) is 96.5 Å². The molecule has 12 aromatic rings. The standard InChI is InChI=1S/C82H69N3O6/c1-79(2,3)50-19-42-67(80(4,5)6)70(45-50)85-77(88)63-38-34-59-57-32-36-61-73-62(37-33-58(71(57)73)60-35-39-64(78(85)89)74(63)72(59)60)76(87)84(75(61)86)54-22-15-47(16-23-54)49-18-41-66-69(44-49)82(9,10)65-40-17-48(43-68(65)81(66,7)8)46-13-20-51(21-14-46)83(52-24-28-55(90-11)29-25-52)53-26-30-56(91-12)31-27-53/h13-45H,1-12H3. The highest BCUT2D eigenvalue weighted by Crippen LogP contribution is 2.53. The Morgan fingerprint density at radius 2 is 0.714 bits per heavy atom. The molecule has 9 nitrogen and oxygen atoms in total. The molecule has 0 fully saturated rings. The minimum Gasteiger partial charge on any atom is -0.497 e. The molecule has 0 saturated heterocycles. The molecule has 3 aliphatic rings. The van der Waals surface area contributed by atoms with Crippen molar-refractivity contribution >= 4 is 95.2 Å². The van der Waals surface area contributed by atoms with E-state index in [-0.39, 0.29) is 33.5 Å². The molecule has 448 valence electrons. The summed E-state index contributed by atoms with van der Waals surface area (Å²) in [5.74, 6) is 0.0646. The molecular weight excluding hydrogens is 1120 g/mol. The van der Waals surface area contributed by atoms with Crippen LogP contribution in [-0.2, 0) is 21.7 Å². The number of imide groups is 2. The van der Waals surface area contributed by atoms with Crippen LogP contribution in [0.15, 0.2) is 200 Å². The molecular formula is C82H69N3O6. The molecule has 0 spiro atoms. The van der Waals surface area contributed by atoms with E-state index < -0.39 is 11.8 Å². The lowest BCUT2D eigenvalue weighted by Crippen LogP contribution is -2.42. The van der Waals surface area contributed by atoms with Crippen LogP contribution in [0.1, 0.15) is 144 Å². The van der Waals surface area contributed by atoms with E-state index in [4.69, 9.17) is 9.47 Å². The SMILES string of the molecule is COc1ccc(N(c2ccc(OC)cc2)c2ccc(-c3ccc4c(c3)C(C)(C)c3ccc(-c5ccc(N6C(=O)c7ccc8c9ccc%10c%11c(ccc(c%12ccc(c7c8%12)C6=O)c%119)C(=O)N(c6cc(C(C)(C)C)ccc6C(C)(C)C)C%10=O)cc5)cc3C4(C)C)cc2)cc1. The molecule has 1 aliphatic carbocycles. The van der Waals surface area contributed by atoms with Crippen LogP contribution in [-0.4, -0.2) is 37.8 Å². The van der Waals surface area contributed by atoms with E-state index in [1.807, 2.05) is 103 Å². The summed E-state index contributed by atoms with van der Waals surface area (Å²) in [7, 11) is 3.36. The Balaban J connectivity index is 0.718. The zero-order valence-corrected chi connectivity index (χ0v) is 53.3. The van der Waals surface area contributed by atoms with Crippen LogP contribution in [0.5, 0.6) is 11.5 Å². The number of amides is 4. The summed E-state index contributed by atoms with van der Waals surface area (Å²) in [4.78, 5) is 64.7. The summed E-state index contributed by atoms with van der Waals surface area (Å²) in [5.41, 5.74) is 16.0. The van der Waals surface area contributed by atoms with Crippen LogP contribution >= 0.6 is 0 Å². The van der Waals surface area contributed by atoms with Gasteiger partial charge in [0.25, 0.3) is 23.6 Å². The summed E-state index contributed by atoms with van der Waals surface area (Å²) in [6.07, 6.45) is 0. The van der Waals surface area contributed by atoms with Crippen molar-refractivity contribution in [2.75, 3.05) is 28.9 Å². The van der Waals surface area contributed by atoms with E-state index in [0.717, 1.165) is 94.3 Å². The van der Waals surface area contributed by atoms with Gasteiger partial charge in [0.1, 0.15) is 11.5 Å². The molecule has 15 rings (SSSR count). The second-order valence-electron chi connectivity index (χ2n) is 27.9. The number of carbonyl (C=O) groups excluding carboxylic acids is 4. The monoisotopic (exact) mass is 1190 g/mol. The van der Waals surface area contributed by atoms with Gasteiger partial charge in [0.2, 0.25) is 0 Å². The fourth-order valence-corrected chi connectivity index (χ4v) is 14.9. The van der Waals surface area contributed by atoms with Gasteiger partial charge in [-0.15, -0.1) is 0 Å². The molecule has 12 aromatic carbocycles. The molecule has 4 amide bonds. The van der Waals surface area contributed by atoms with E-state index in [1.165, 1.54) is 32.1 Å². The summed E-state index contributed by atoms with van der Waals surface area (Å²) < 4.78 is 11.0. The minimum atomic E-state index is -0.399. The lowest BCUT2D eigenvalue weighted by Gasteiger charge is -2.44. The van der Waals surface area contributed by atoms with E-state index in [2.05, 4.69) is 171 Å². The second-order valence-corrected chi connectivity index (χ2v) is 27.9. The Morgan fingerprint density at radius 1 is 0.352 bits per heavy atom. The number of rotatable bonds is 9.